The van der Waals surface area contributed by atoms with Crippen molar-refractivity contribution in [3.05, 3.63) is 0 Å². The molecule has 1 saturated heterocycles. The van der Waals surface area contributed by atoms with Crippen LogP contribution >= 0.6 is 12.4 Å². The van der Waals surface area contributed by atoms with Crippen molar-refractivity contribution >= 4 is 18.3 Å². The molecule has 2 aliphatic rings. The van der Waals surface area contributed by atoms with Crippen molar-refractivity contribution in [3.8, 4) is 0 Å². The SMILES string of the molecule is CCNCC1CCN(C(=O)CC2CCCCCC2)CC1.Cl. The van der Waals surface area contributed by atoms with E-state index in [1.165, 1.54) is 51.4 Å². The maximum atomic E-state index is 12.4. The van der Waals surface area contributed by atoms with Crippen LogP contribution in [0.1, 0.15) is 64.7 Å². The lowest BCUT2D eigenvalue weighted by molar-refractivity contribution is -0.133. The first-order chi connectivity index (χ1) is 9.79. The molecule has 1 heterocycles. The molecule has 0 atom stereocenters. The van der Waals surface area contributed by atoms with Crippen molar-refractivity contribution in [2.24, 2.45) is 11.8 Å². The number of carbonyl (C=O) groups is 1. The van der Waals surface area contributed by atoms with Crippen molar-refractivity contribution in [1.82, 2.24) is 10.2 Å². The first kappa shape index (κ1) is 18.8. The highest BCUT2D eigenvalue weighted by Crippen LogP contribution is 2.27. The third-order valence-electron chi connectivity index (χ3n) is 5.09. The predicted molar refractivity (Wildman–Crippen MR) is 90.9 cm³/mol. The molecule has 0 radical (unpaired) electrons. The zero-order valence-electron chi connectivity index (χ0n) is 13.6. The number of piperidine rings is 1. The summed E-state index contributed by atoms with van der Waals surface area (Å²) in [5, 5.41) is 3.43. The average molecular weight is 317 g/mol. The van der Waals surface area contributed by atoms with Crippen LogP contribution in [0.4, 0.5) is 0 Å². The monoisotopic (exact) mass is 316 g/mol. The number of likely N-dealkylation sites (tertiary alicyclic amines) is 1. The first-order valence-corrected chi connectivity index (χ1v) is 8.78. The number of hydrogen-bond acceptors (Lipinski definition) is 2. The minimum absolute atomic E-state index is 0. The summed E-state index contributed by atoms with van der Waals surface area (Å²) < 4.78 is 0. The highest BCUT2D eigenvalue weighted by molar-refractivity contribution is 5.85. The third kappa shape index (κ3) is 6.56. The van der Waals surface area contributed by atoms with Gasteiger partial charge in [0.1, 0.15) is 0 Å². The Morgan fingerprint density at radius 3 is 2.19 bits per heavy atom. The van der Waals surface area contributed by atoms with Gasteiger partial charge in [0, 0.05) is 19.5 Å². The maximum absolute atomic E-state index is 12.4. The fraction of sp³-hybridized carbons (Fsp3) is 0.941. The lowest BCUT2D eigenvalue weighted by atomic mass is 9.93. The molecule has 2 rings (SSSR count). The molecule has 4 heteroatoms. The highest BCUT2D eigenvalue weighted by atomic mass is 35.5. The van der Waals surface area contributed by atoms with Crippen LogP contribution in [-0.2, 0) is 4.79 Å². The summed E-state index contributed by atoms with van der Waals surface area (Å²) in [6, 6.07) is 0. The largest absolute Gasteiger partial charge is 0.343 e. The van der Waals surface area contributed by atoms with Crippen molar-refractivity contribution in [2.45, 2.75) is 64.7 Å². The van der Waals surface area contributed by atoms with Crippen LogP contribution in [-0.4, -0.2) is 37.0 Å². The van der Waals surface area contributed by atoms with Crippen LogP contribution in [0.3, 0.4) is 0 Å². The van der Waals surface area contributed by atoms with Gasteiger partial charge in [0.05, 0.1) is 0 Å². The van der Waals surface area contributed by atoms with E-state index in [-0.39, 0.29) is 12.4 Å². The summed E-state index contributed by atoms with van der Waals surface area (Å²) in [7, 11) is 0. The highest BCUT2D eigenvalue weighted by Gasteiger charge is 2.24. The van der Waals surface area contributed by atoms with Crippen LogP contribution in [0.25, 0.3) is 0 Å². The van der Waals surface area contributed by atoms with E-state index >= 15 is 0 Å². The molecule has 21 heavy (non-hydrogen) atoms. The van der Waals surface area contributed by atoms with Crippen LogP contribution in [0.5, 0.6) is 0 Å². The van der Waals surface area contributed by atoms with Gasteiger partial charge in [-0.3, -0.25) is 4.79 Å². The lowest BCUT2D eigenvalue weighted by Crippen LogP contribution is -2.41. The van der Waals surface area contributed by atoms with E-state index in [0.29, 0.717) is 11.8 Å². The van der Waals surface area contributed by atoms with Crippen molar-refractivity contribution < 1.29 is 4.79 Å². The summed E-state index contributed by atoms with van der Waals surface area (Å²) in [6.45, 7) is 6.32. The maximum Gasteiger partial charge on any atom is 0.222 e. The number of hydrogen-bond donors (Lipinski definition) is 1. The van der Waals surface area contributed by atoms with E-state index in [2.05, 4.69) is 17.1 Å². The second-order valence-corrected chi connectivity index (χ2v) is 6.69. The normalized spacial score (nSPS) is 21.7. The molecule has 3 nitrogen and oxygen atoms in total. The Hall–Kier alpha value is -0.280. The second kappa shape index (κ2) is 10.4. The van der Waals surface area contributed by atoms with Gasteiger partial charge in [0.15, 0.2) is 0 Å². The zero-order chi connectivity index (χ0) is 14.2. The van der Waals surface area contributed by atoms with E-state index in [1.807, 2.05) is 0 Å². The topological polar surface area (TPSA) is 32.3 Å². The fourth-order valence-corrected chi connectivity index (χ4v) is 3.68. The van der Waals surface area contributed by atoms with Gasteiger partial charge in [-0.1, -0.05) is 32.6 Å². The molecular formula is C17H33ClN2O. The smallest absolute Gasteiger partial charge is 0.222 e. The molecule has 0 bridgehead atoms. The van der Waals surface area contributed by atoms with Gasteiger partial charge in [-0.25, -0.2) is 0 Å². The Kier molecular flexibility index (Phi) is 9.34. The molecule has 1 aliphatic heterocycles. The van der Waals surface area contributed by atoms with Crippen molar-refractivity contribution in [1.29, 1.82) is 0 Å². The summed E-state index contributed by atoms with van der Waals surface area (Å²) in [6.07, 6.45) is 11.2. The Labute approximate surface area is 136 Å². The van der Waals surface area contributed by atoms with Crippen LogP contribution in [0.2, 0.25) is 0 Å². The molecule has 1 aliphatic carbocycles. The minimum atomic E-state index is 0. The summed E-state index contributed by atoms with van der Waals surface area (Å²) in [5.41, 5.74) is 0. The summed E-state index contributed by atoms with van der Waals surface area (Å²) >= 11 is 0. The summed E-state index contributed by atoms with van der Waals surface area (Å²) in [5.74, 6) is 1.88. The van der Waals surface area contributed by atoms with Gasteiger partial charge in [-0.2, -0.15) is 0 Å². The van der Waals surface area contributed by atoms with Gasteiger partial charge < -0.3 is 10.2 Å². The van der Waals surface area contributed by atoms with E-state index in [9.17, 15) is 4.79 Å². The number of nitrogens with zero attached hydrogens (tertiary/aromatic N) is 1. The lowest BCUT2D eigenvalue weighted by Gasteiger charge is -2.33. The van der Waals surface area contributed by atoms with E-state index in [0.717, 1.165) is 38.5 Å². The van der Waals surface area contributed by atoms with Gasteiger partial charge in [-0.15, -0.1) is 12.4 Å². The number of nitrogens with one attached hydrogen (secondary N) is 1. The minimum Gasteiger partial charge on any atom is -0.343 e. The Morgan fingerprint density at radius 2 is 1.62 bits per heavy atom. The molecule has 0 unspecified atom stereocenters. The molecule has 1 amide bonds. The van der Waals surface area contributed by atoms with Crippen molar-refractivity contribution in [3.63, 3.8) is 0 Å². The van der Waals surface area contributed by atoms with E-state index in [1.54, 1.807) is 0 Å². The molecular weight excluding hydrogens is 284 g/mol. The molecule has 0 aromatic rings. The molecule has 124 valence electrons. The number of halogens is 1. The Bertz CT molecular complexity index is 283. The number of rotatable bonds is 5. The Morgan fingerprint density at radius 1 is 1.00 bits per heavy atom. The number of carbonyl (C=O) groups excluding carboxylic acids is 1. The standard InChI is InChI=1S/C17H32N2O.ClH/c1-2-18-14-16-9-11-19(12-10-16)17(20)13-15-7-5-3-4-6-8-15;/h15-16,18H,2-14H2,1H3;1H. The average Bonchev–Trinajstić information content (AvgIpc) is 2.74. The van der Waals surface area contributed by atoms with E-state index in [4.69, 9.17) is 0 Å². The predicted octanol–water partition coefficient (Wildman–Crippen LogP) is 3.62. The summed E-state index contributed by atoms with van der Waals surface area (Å²) in [4.78, 5) is 14.5. The van der Waals surface area contributed by atoms with Gasteiger partial charge in [0.2, 0.25) is 5.91 Å². The molecule has 0 aromatic heterocycles. The molecule has 0 spiro atoms. The Balaban J connectivity index is 0.00000220. The first-order valence-electron chi connectivity index (χ1n) is 8.78. The van der Waals surface area contributed by atoms with Crippen molar-refractivity contribution in [2.75, 3.05) is 26.2 Å². The van der Waals surface area contributed by atoms with Crippen LogP contribution in [0, 0.1) is 11.8 Å². The quantitative estimate of drug-likeness (QED) is 0.786. The zero-order valence-corrected chi connectivity index (χ0v) is 14.4. The molecule has 2 fully saturated rings. The second-order valence-electron chi connectivity index (χ2n) is 6.69. The van der Waals surface area contributed by atoms with Gasteiger partial charge >= 0.3 is 0 Å². The molecule has 0 aromatic carbocycles. The van der Waals surface area contributed by atoms with Gasteiger partial charge in [0.25, 0.3) is 0 Å². The van der Waals surface area contributed by atoms with Gasteiger partial charge in [-0.05, 0) is 50.6 Å². The molecule has 1 N–H and O–H groups in total. The fourth-order valence-electron chi connectivity index (χ4n) is 3.68. The molecule has 1 saturated carbocycles. The van der Waals surface area contributed by atoms with E-state index < -0.39 is 0 Å². The van der Waals surface area contributed by atoms with Crippen LogP contribution in [0.15, 0.2) is 0 Å². The number of amides is 1. The third-order valence-corrected chi connectivity index (χ3v) is 5.09. The van der Waals surface area contributed by atoms with Crippen LogP contribution < -0.4 is 5.32 Å².